The topological polar surface area (TPSA) is 57.4 Å². The summed E-state index contributed by atoms with van der Waals surface area (Å²) >= 11 is 0. The van der Waals surface area contributed by atoms with Crippen LogP contribution in [-0.4, -0.2) is 49.1 Å². The number of hydrogen-bond acceptors (Lipinski definition) is 3. The quantitative estimate of drug-likeness (QED) is 0.887. The summed E-state index contributed by atoms with van der Waals surface area (Å²) < 4.78 is 118. The average molecular weight is 301 g/mol. The van der Waals surface area contributed by atoms with Crippen molar-refractivity contribution in [3.05, 3.63) is 35.5 Å². The van der Waals surface area contributed by atoms with E-state index < -0.39 is 85.1 Å². The maximum Gasteiger partial charge on any atom is 0.407 e. The number of aromatic nitrogens is 1. The lowest BCUT2D eigenvalue weighted by Crippen LogP contribution is -2.28. The minimum absolute atomic E-state index is 0.164. The fourth-order valence-electron chi connectivity index (χ4n) is 1.79. The number of likely N-dealkylation sites (N-methyl/N-ethyl adjacent to an activating group) is 1. The molecule has 1 aromatic heterocycles. The average Bonchev–Trinajstić information content (AvgIpc) is 3.25. The van der Waals surface area contributed by atoms with E-state index in [1.165, 1.54) is 0 Å². The van der Waals surface area contributed by atoms with Gasteiger partial charge in [-0.15, -0.1) is 0 Å². The number of H-pyrrole nitrogens is 1. The van der Waals surface area contributed by atoms with Crippen molar-refractivity contribution in [1.82, 2.24) is 15.2 Å². The first-order valence-corrected chi connectivity index (χ1v) is 6.04. The van der Waals surface area contributed by atoms with Crippen LogP contribution in [0.25, 0.3) is 10.9 Å². The highest BCUT2D eigenvalue weighted by atomic mass is 16.6. The van der Waals surface area contributed by atoms with Gasteiger partial charge in [0.1, 0.15) is 6.61 Å². The molecule has 1 atom stereocenters. The summed E-state index contributed by atoms with van der Waals surface area (Å²) in [5, 5.41) is -0.388. The van der Waals surface area contributed by atoms with Gasteiger partial charge in [0.15, 0.2) is 2.82 Å². The fraction of sp³-hybridized carbons (Fsp3) is 0.438. The fourth-order valence-corrected chi connectivity index (χ4v) is 1.79. The highest BCUT2D eigenvalue weighted by Crippen LogP contribution is 2.21. The Morgan fingerprint density at radius 1 is 1.67 bits per heavy atom. The van der Waals surface area contributed by atoms with Gasteiger partial charge in [0.25, 0.3) is 0 Å². The molecule has 0 bridgehead atoms. The molecule has 0 unspecified atom stereocenters. The van der Waals surface area contributed by atoms with E-state index in [9.17, 15) is 4.79 Å². The molecule has 5 nitrogen and oxygen atoms in total. The molecule has 1 fully saturated rings. The number of carbonyl (C=O) groups is 1. The summed E-state index contributed by atoms with van der Waals surface area (Å²) in [5.74, 6) is 0. The van der Waals surface area contributed by atoms with Crippen molar-refractivity contribution in [2.75, 3.05) is 27.1 Å². The Morgan fingerprint density at radius 3 is 3.33 bits per heavy atom. The van der Waals surface area contributed by atoms with E-state index in [2.05, 4.69) is 4.74 Å². The Labute approximate surface area is 144 Å². The molecular formula is C16H21N3O2. The smallest absolute Gasteiger partial charge is 0.407 e. The summed E-state index contributed by atoms with van der Waals surface area (Å²) in [6.45, 7) is -6.90. The zero-order chi connectivity index (χ0) is 27.0. The summed E-state index contributed by atoms with van der Waals surface area (Å²) in [7, 11) is 0.828. The summed E-state index contributed by atoms with van der Waals surface area (Å²) in [4.78, 5) is 12.2. The molecule has 1 aromatic carbocycles. The van der Waals surface area contributed by atoms with E-state index >= 15 is 0 Å². The number of alkyl carbamates (subject to hydrolysis) is 1. The van der Waals surface area contributed by atoms with Crippen molar-refractivity contribution in [1.29, 1.82) is 0 Å². The van der Waals surface area contributed by atoms with Crippen LogP contribution in [0.15, 0.2) is 24.3 Å². The van der Waals surface area contributed by atoms with E-state index in [1.54, 1.807) is 0 Å². The van der Waals surface area contributed by atoms with Gasteiger partial charge in [-0.2, -0.15) is 0 Å². The van der Waals surface area contributed by atoms with Crippen molar-refractivity contribution >= 4 is 17.0 Å². The third-order valence-corrected chi connectivity index (χ3v) is 2.68. The Kier molecular flexibility index (Phi) is 1.38. The Bertz CT molecular complexity index is 1190. The van der Waals surface area contributed by atoms with E-state index in [4.69, 9.17) is 19.3 Å². The standard InChI is InChI=1S/C16H21N3O2/c1-19(2)6-5-12-9-17-15-4-3-11(8-14(12)15)7-13-10-21-16(20)18-13/h3-4,8-9,13,17H,5-7,10H2,1-2H3,(H,18,20)/t13-/m0/s1/i1D3,3D,4D,5D2,6D2,7D2,8D/hD2. The molecule has 112 valence electrons. The van der Waals surface area contributed by atoms with Crippen LogP contribution in [0, 0.1) is 0 Å². The lowest BCUT2D eigenvalue weighted by Gasteiger charge is -2.09. The van der Waals surface area contributed by atoms with Crippen molar-refractivity contribution in [2.45, 2.75) is 18.8 Å². The van der Waals surface area contributed by atoms with Crippen molar-refractivity contribution < 1.29 is 28.8 Å². The third-order valence-electron chi connectivity index (χ3n) is 2.68. The van der Waals surface area contributed by atoms with Gasteiger partial charge in [-0.05, 0) is 50.0 Å². The lowest BCUT2D eigenvalue weighted by atomic mass is 10.0. The molecule has 2 heterocycles. The SMILES string of the molecule is [2H]c1c(C([2H])([2H])[C@H]2COC(=O)N2[2H])c([2H])c2c(C([2H])([2H])C([2H])([2H])N(C)C([2H])([2H])[2H])cn([2H])c2c1[2H]. The second kappa shape index (κ2) is 5.77. The van der Waals surface area contributed by atoms with E-state index in [1.807, 2.05) is 0 Å². The highest BCUT2D eigenvalue weighted by Gasteiger charge is 2.22. The Hall–Kier alpha value is -2.01. The molecular weight excluding hydrogens is 266 g/mol. The molecule has 1 amide bonds. The molecule has 0 aliphatic carbocycles. The number of aromatic amines is 1. The van der Waals surface area contributed by atoms with E-state index in [0.29, 0.717) is 4.98 Å². The molecule has 3 rings (SSSR count). The normalized spacial score (nSPS) is 31.0. The van der Waals surface area contributed by atoms with Crippen LogP contribution in [0.4, 0.5) is 4.79 Å². The van der Waals surface area contributed by atoms with Crippen molar-refractivity contribution in [3.63, 3.8) is 0 Å². The molecule has 0 radical (unpaired) electrons. The van der Waals surface area contributed by atoms with E-state index in [-0.39, 0.29) is 10.2 Å². The molecule has 1 aliphatic rings. The van der Waals surface area contributed by atoms with E-state index in [0.717, 1.165) is 13.2 Å². The number of aryl methyl sites for hydroxylation is 1. The first-order valence-electron chi connectivity index (χ1n) is 12.9. The Morgan fingerprint density at radius 2 is 2.57 bits per heavy atom. The van der Waals surface area contributed by atoms with Crippen LogP contribution < -0.4 is 5.31 Å². The van der Waals surface area contributed by atoms with Crippen molar-refractivity contribution in [3.8, 4) is 0 Å². The van der Waals surface area contributed by atoms with Gasteiger partial charge < -0.3 is 19.9 Å². The van der Waals surface area contributed by atoms with Crippen LogP contribution >= 0.6 is 0 Å². The number of nitrogens with one attached hydrogen (secondary N) is 2. The molecule has 21 heavy (non-hydrogen) atoms. The maximum absolute atomic E-state index is 11.6. The van der Waals surface area contributed by atoms with Gasteiger partial charge in [-0.1, -0.05) is 6.04 Å². The number of benzene rings is 1. The number of fused-ring (bicyclic) bond motifs is 1. The van der Waals surface area contributed by atoms with Gasteiger partial charge in [0, 0.05) is 35.9 Å². The minimum atomic E-state index is -3.23. The predicted molar refractivity (Wildman–Crippen MR) is 82.5 cm³/mol. The number of hydrogen-bond donors (Lipinski definition) is 2. The van der Waals surface area contributed by atoms with Gasteiger partial charge in [-0.25, -0.2) is 4.79 Å². The second-order valence-electron chi connectivity index (χ2n) is 4.31. The lowest BCUT2D eigenvalue weighted by molar-refractivity contribution is 0.177. The van der Waals surface area contributed by atoms with Crippen molar-refractivity contribution in [2.24, 2.45) is 0 Å². The van der Waals surface area contributed by atoms with Crippen LogP contribution in [0.2, 0.25) is 2.82 Å². The molecule has 1 aliphatic heterocycles. The van der Waals surface area contributed by atoms with Gasteiger partial charge in [0.2, 0.25) is 0 Å². The summed E-state index contributed by atoms with van der Waals surface area (Å²) in [5.41, 5.74) is -1.99. The first kappa shape index (κ1) is 5.02. The number of carbonyl (C=O) groups excluding carboxylic acids is 1. The number of ether oxygens (including phenoxy) is 1. The maximum atomic E-state index is 11.6. The van der Waals surface area contributed by atoms with Gasteiger partial charge in [-0.3, -0.25) is 0 Å². The Balaban J connectivity index is 2.36. The first-order chi connectivity index (χ1) is 15.7. The van der Waals surface area contributed by atoms with Crippen LogP contribution in [0.1, 0.15) is 27.6 Å². The van der Waals surface area contributed by atoms with Crippen LogP contribution in [0.3, 0.4) is 0 Å². The van der Waals surface area contributed by atoms with Crippen LogP contribution in [0.5, 0.6) is 0 Å². The molecule has 1 saturated heterocycles. The molecule has 2 aromatic rings. The zero-order valence-electron chi connectivity index (χ0n) is 25.0. The van der Waals surface area contributed by atoms with Crippen LogP contribution in [-0.2, 0) is 17.5 Å². The van der Waals surface area contributed by atoms with Gasteiger partial charge >= 0.3 is 6.09 Å². The predicted octanol–water partition coefficient (Wildman–Crippen LogP) is 1.92. The van der Waals surface area contributed by atoms with Gasteiger partial charge in [0.05, 0.1) is 10.2 Å². The number of cyclic esters (lactones) is 1. The third kappa shape index (κ3) is 3.19. The zero-order valence-corrected chi connectivity index (χ0v) is 11.0. The summed E-state index contributed by atoms with van der Waals surface area (Å²) in [6.07, 6.45) is -6.44. The second-order valence-corrected chi connectivity index (χ2v) is 4.31. The monoisotopic (exact) mass is 301 g/mol. The number of nitrogens with zero attached hydrogens (tertiary/aromatic N) is 1. The minimum Gasteiger partial charge on any atom is -0.447 e. The molecule has 5 heteroatoms. The molecule has 2 N–H and O–H groups in total. The summed E-state index contributed by atoms with van der Waals surface area (Å²) in [6, 6.07) is -4.11. The number of rotatable bonds is 5. The molecule has 0 saturated carbocycles. The largest absolute Gasteiger partial charge is 0.447 e. The highest BCUT2D eigenvalue weighted by molar-refractivity contribution is 5.84. The molecule has 0 spiro atoms. The number of amides is 1.